The standard InChI is InChI=1S/C13H15BrF2N2/c14-9-5-11(16)13(6-10(9)15)17-12-2-4-18-3-1-8(12)7-18/h5-6,8,12,17H,1-4,7H2. The maximum absolute atomic E-state index is 13.8. The third-order valence-electron chi connectivity index (χ3n) is 3.99. The maximum atomic E-state index is 13.8. The second-order valence-electron chi connectivity index (χ2n) is 5.14. The summed E-state index contributed by atoms with van der Waals surface area (Å²) >= 11 is 2.99. The lowest BCUT2D eigenvalue weighted by Gasteiger charge is -2.31. The van der Waals surface area contributed by atoms with Crippen molar-refractivity contribution in [2.24, 2.45) is 5.92 Å². The van der Waals surface area contributed by atoms with E-state index >= 15 is 0 Å². The van der Waals surface area contributed by atoms with Gasteiger partial charge in [-0.1, -0.05) is 0 Å². The zero-order chi connectivity index (χ0) is 12.7. The third kappa shape index (κ3) is 2.26. The molecular weight excluding hydrogens is 302 g/mol. The Morgan fingerprint density at radius 2 is 1.94 bits per heavy atom. The minimum Gasteiger partial charge on any atom is -0.379 e. The van der Waals surface area contributed by atoms with Gasteiger partial charge in [0.25, 0.3) is 0 Å². The second kappa shape index (κ2) is 4.78. The highest BCUT2D eigenvalue weighted by molar-refractivity contribution is 9.10. The van der Waals surface area contributed by atoms with Gasteiger partial charge in [-0.3, -0.25) is 0 Å². The fourth-order valence-corrected chi connectivity index (χ4v) is 3.29. The van der Waals surface area contributed by atoms with Gasteiger partial charge in [-0.05, 0) is 47.3 Å². The normalized spacial score (nSPS) is 30.5. The first-order chi connectivity index (χ1) is 8.63. The topological polar surface area (TPSA) is 15.3 Å². The summed E-state index contributed by atoms with van der Waals surface area (Å²) in [5, 5.41) is 3.18. The average molecular weight is 317 g/mol. The lowest BCUT2D eigenvalue weighted by Crippen LogP contribution is -2.39. The molecule has 3 atom stereocenters. The smallest absolute Gasteiger partial charge is 0.147 e. The first-order valence-electron chi connectivity index (χ1n) is 6.27. The van der Waals surface area contributed by atoms with Crippen LogP contribution in [0.1, 0.15) is 12.8 Å². The average Bonchev–Trinajstić information content (AvgIpc) is 2.72. The van der Waals surface area contributed by atoms with E-state index in [4.69, 9.17) is 0 Å². The van der Waals surface area contributed by atoms with Crippen molar-refractivity contribution in [2.45, 2.75) is 18.9 Å². The molecule has 3 unspecified atom stereocenters. The largest absolute Gasteiger partial charge is 0.379 e. The number of rotatable bonds is 2. The van der Waals surface area contributed by atoms with Crippen LogP contribution < -0.4 is 5.32 Å². The highest BCUT2D eigenvalue weighted by Crippen LogP contribution is 2.31. The number of hydrogen-bond acceptors (Lipinski definition) is 2. The van der Waals surface area contributed by atoms with Gasteiger partial charge in [0.05, 0.1) is 10.2 Å². The van der Waals surface area contributed by atoms with Crippen LogP contribution in [0.5, 0.6) is 0 Å². The summed E-state index contributed by atoms with van der Waals surface area (Å²) in [6.07, 6.45) is 2.15. The van der Waals surface area contributed by atoms with E-state index in [1.54, 1.807) is 0 Å². The molecule has 2 fully saturated rings. The number of anilines is 1. The van der Waals surface area contributed by atoms with Gasteiger partial charge in [0.15, 0.2) is 0 Å². The number of hydrogen-bond donors (Lipinski definition) is 1. The number of nitrogens with one attached hydrogen (secondary N) is 1. The molecule has 2 aliphatic heterocycles. The second-order valence-corrected chi connectivity index (χ2v) is 5.99. The molecule has 2 saturated heterocycles. The van der Waals surface area contributed by atoms with Gasteiger partial charge in [-0.25, -0.2) is 8.78 Å². The number of benzene rings is 1. The molecule has 2 nitrogen and oxygen atoms in total. The molecule has 3 rings (SSSR count). The molecule has 0 radical (unpaired) electrons. The van der Waals surface area contributed by atoms with Gasteiger partial charge < -0.3 is 10.2 Å². The molecule has 98 valence electrons. The lowest BCUT2D eigenvalue weighted by molar-refractivity contribution is 0.254. The van der Waals surface area contributed by atoms with Crippen LogP contribution in [0.2, 0.25) is 0 Å². The number of nitrogens with zero attached hydrogens (tertiary/aromatic N) is 1. The Morgan fingerprint density at radius 1 is 1.17 bits per heavy atom. The van der Waals surface area contributed by atoms with Crippen molar-refractivity contribution >= 4 is 21.6 Å². The minimum atomic E-state index is -0.428. The van der Waals surface area contributed by atoms with E-state index in [9.17, 15) is 8.78 Å². The summed E-state index contributed by atoms with van der Waals surface area (Å²) in [6, 6.07) is 2.68. The van der Waals surface area contributed by atoms with E-state index in [2.05, 4.69) is 26.1 Å². The predicted octanol–water partition coefficient (Wildman–Crippen LogP) is 3.23. The maximum Gasteiger partial charge on any atom is 0.147 e. The molecule has 2 aliphatic rings. The molecule has 1 aromatic rings. The van der Waals surface area contributed by atoms with Crippen LogP contribution in [0.4, 0.5) is 14.5 Å². The zero-order valence-electron chi connectivity index (χ0n) is 9.93. The van der Waals surface area contributed by atoms with Crippen molar-refractivity contribution in [1.82, 2.24) is 4.90 Å². The van der Waals surface area contributed by atoms with Crippen LogP contribution in [0, 0.1) is 17.6 Å². The summed E-state index contributed by atoms with van der Waals surface area (Å²) in [5.74, 6) is -0.267. The summed E-state index contributed by atoms with van der Waals surface area (Å²) in [4.78, 5) is 2.43. The molecule has 0 amide bonds. The van der Waals surface area contributed by atoms with Crippen molar-refractivity contribution in [2.75, 3.05) is 25.0 Å². The number of fused-ring (bicyclic) bond motifs is 2. The molecule has 1 N–H and O–H groups in total. The van der Waals surface area contributed by atoms with Crippen LogP contribution in [-0.4, -0.2) is 30.6 Å². The number of halogens is 3. The Balaban J connectivity index is 1.78. The summed E-state index contributed by atoms with van der Waals surface area (Å²) < 4.78 is 27.4. The summed E-state index contributed by atoms with van der Waals surface area (Å²) in [7, 11) is 0. The molecule has 0 aliphatic carbocycles. The van der Waals surface area contributed by atoms with Crippen LogP contribution >= 0.6 is 15.9 Å². The summed E-state index contributed by atoms with van der Waals surface area (Å²) in [6.45, 7) is 3.27. The Labute approximate surface area is 113 Å². The molecule has 18 heavy (non-hydrogen) atoms. The molecule has 0 aromatic heterocycles. The van der Waals surface area contributed by atoms with E-state index in [0.29, 0.717) is 5.92 Å². The van der Waals surface area contributed by atoms with Crippen LogP contribution in [0.3, 0.4) is 0 Å². The van der Waals surface area contributed by atoms with Crippen molar-refractivity contribution < 1.29 is 8.78 Å². The van der Waals surface area contributed by atoms with Gasteiger partial charge >= 0.3 is 0 Å². The SMILES string of the molecule is Fc1cc(NC2CCN3CCC2C3)c(F)cc1Br. The van der Waals surface area contributed by atoms with Gasteiger partial charge in [0, 0.05) is 25.2 Å². The first-order valence-corrected chi connectivity index (χ1v) is 7.06. The minimum absolute atomic E-state index is 0.168. The van der Waals surface area contributed by atoms with E-state index in [-0.39, 0.29) is 16.2 Å². The van der Waals surface area contributed by atoms with Gasteiger partial charge in [0.1, 0.15) is 11.6 Å². The molecule has 0 saturated carbocycles. The predicted molar refractivity (Wildman–Crippen MR) is 70.6 cm³/mol. The van der Waals surface area contributed by atoms with Gasteiger partial charge in [-0.15, -0.1) is 0 Å². The zero-order valence-corrected chi connectivity index (χ0v) is 11.5. The van der Waals surface area contributed by atoms with Crippen LogP contribution in [0.15, 0.2) is 16.6 Å². The summed E-state index contributed by atoms with van der Waals surface area (Å²) in [5.41, 5.74) is 0.279. The van der Waals surface area contributed by atoms with Crippen LogP contribution in [0.25, 0.3) is 0 Å². The highest BCUT2D eigenvalue weighted by atomic mass is 79.9. The first kappa shape index (κ1) is 12.4. The van der Waals surface area contributed by atoms with E-state index < -0.39 is 11.6 Å². The Bertz CT molecular complexity index is 467. The molecule has 0 spiro atoms. The van der Waals surface area contributed by atoms with Crippen molar-refractivity contribution in [3.63, 3.8) is 0 Å². The molecule has 2 heterocycles. The van der Waals surface area contributed by atoms with Crippen LogP contribution in [-0.2, 0) is 0 Å². The third-order valence-corrected chi connectivity index (χ3v) is 4.59. The number of piperidine rings is 1. The van der Waals surface area contributed by atoms with Crippen molar-refractivity contribution in [3.8, 4) is 0 Å². The fraction of sp³-hybridized carbons (Fsp3) is 0.538. The van der Waals surface area contributed by atoms with E-state index in [1.165, 1.54) is 12.1 Å². The molecule has 1 aromatic carbocycles. The fourth-order valence-electron chi connectivity index (χ4n) is 2.97. The Morgan fingerprint density at radius 3 is 2.78 bits per heavy atom. The van der Waals surface area contributed by atoms with E-state index in [1.807, 2.05) is 0 Å². The highest BCUT2D eigenvalue weighted by Gasteiger charge is 2.34. The quantitative estimate of drug-likeness (QED) is 0.843. The van der Waals surface area contributed by atoms with Gasteiger partial charge in [-0.2, -0.15) is 0 Å². The van der Waals surface area contributed by atoms with Crippen molar-refractivity contribution in [1.29, 1.82) is 0 Å². The Kier molecular flexibility index (Phi) is 3.28. The molecule has 5 heteroatoms. The van der Waals surface area contributed by atoms with Gasteiger partial charge in [0.2, 0.25) is 0 Å². The Hall–Kier alpha value is -0.680. The lowest BCUT2D eigenvalue weighted by atomic mass is 9.94. The molecular formula is C13H15BrF2N2. The van der Waals surface area contributed by atoms with E-state index in [0.717, 1.165) is 32.5 Å². The van der Waals surface area contributed by atoms with Crippen molar-refractivity contribution in [3.05, 3.63) is 28.2 Å². The monoisotopic (exact) mass is 316 g/mol. The molecule has 2 bridgehead atoms.